The summed E-state index contributed by atoms with van der Waals surface area (Å²) < 4.78 is 5.26. The van der Waals surface area contributed by atoms with Crippen molar-refractivity contribution < 1.29 is 9.53 Å². The number of amides is 1. The number of carbonyl (C=O) groups excluding carboxylic acids is 1. The van der Waals surface area contributed by atoms with Gasteiger partial charge in [0.2, 0.25) is 0 Å². The van der Waals surface area contributed by atoms with E-state index in [1.54, 1.807) is 24.3 Å². The summed E-state index contributed by atoms with van der Waals surface area (Å²) in [7, 11) is 1.67. The van der Waals surface area contributed by atoms with E-state index in [-0.39, 0.29) is 12.0 Å². The molecular formula is C13H18ClN3O2. The lowest BCUT2D eigenvalue weighted by molar-refractivity contribution is 0.0724. The SMILES string of the molecule is CCNc1ncc(C(=O)N2CCC(OC)C2)cc1Cl. The molecule has 1 aromatic rings. The van der Waals surface area contributed by atoms with Crippen LogP contribution in [-0.2, 0) is 4.74 Å². The van der Waals surface area contributed by atoms with Gasteiger partial charge in [-0.1, -0.05) is 11.6 Å². The van der Waals surface area contributed by atoms with Crippen LogP contribution in [0.3, 0.4) is 0 Å². The number of nitrogens with one attached hydrogen (secondary N) is 1. The smallest absolute Gasteiger partial charge is 0.255 e. The molecule has 1 fully saturated rings. The molecule has 1 amide bonds. The molecule has 0 aromatic carbocycles. The van der Waals surface area contributed by atoms with E-state index in [9.17, 15) is 4.79 Å². The number of hydrogen-bond acceptors (Lipinski definition) is 4. The molecule has 0 radical (unpaired) electrons. The van der Waals surface area contributed by atoms with Crippen molar-refractivity contribution in [3.63, 3.8) is 0 Å². The fourth-order valence-electron chi connectivity index (χ4n) is 2.14. The molecule has 1 atom stereocenters. The van der Waals surface area contributed by atoms with Crippen molar-refractivity contribution in [1.82, 2.24) is 9.88 Å². The van der Waals surface area contributed by atoms with Crippen LogP contribution in [0, 0.1) is 0 Å². The summed E-state index contributed by atoms with van der Waals surface area (Å²) >= 11 is 6.09. The molecule has 0 saturated carbocycles. The van der Waals surface area contributed by atoms with Crippen LogP contribution in [0.15, 0.2) is 12.3 Å². The number of nitrogens with zero attached hydrogens (tertiary/aromatic N) is 2. The second kappa shape index (κ2) is 6.21. The zero-order chi connectivity index (χ0) is 13.8. The molecule has 1 aliphatic heterocycles. The van der Waals surface area contributed by atoms with Gasteiger partial charge in [0.25, 0.3) is 5.91 Å². The van der Waals surface area contributed by atoms with Crippen LogP contribution in [0.25, 0.3) is 0 Å². The molecule has 2 rings (SSSR count). The predicted molar refractivity (Wildman–Crippen MR) is 74.7 cm³/mol. The van der Waals surface area contributed by atoms with Crippen molar-refractivity contribution in [2.45, 2.75) is 19.4 Å². The average molecular weight is 284 g/mol. The van der Waals surface area contributed by atoms with E-state index in [4.69, 9.17) is 16.3 Å². The highest BCUT2D eigenvalue weighted by molar-refractivity contribution is 6.33. The first kappa shape index (κ1) is 14.1. The van der Waals surface area contributed by atoms with E-state index in [0.717, 1.165) is 13.0 Å². The van der Waals surface area contributed by atoms with E-state index in [2.05, 4.69) is 10.3 Å². The van der Waals surface area contributed by atoms with Crippen LogP contribution in [0.2, 0.25) is 5.02 Å². The average Bonchev–Trinajstić information content (AvgIpc) is 2.89. The number of hydrogen-bond donors (Lipinski definition) is 1. The second-order valence-corrected chi connectivity index (χ2v) is 4.89. The van der Waals surface area contributed by atoms with Crippen molar-refractivity contribution >= 4 is 23.3 Å². The van der Waals surface area contributed by atoms with E-state index >= 15 is 0 Å². The standard InChI is InChI=1S/C13H18ClN3O2/c1-3-15-12-11(14)6-9(7-16-12)13(18)17-5-4-10(8-17)19-2/h6-7,10H,3-5,8H2,1-2H3,(H,15,16). The summed E-state index contributed by atoms with van der Waals surface area (Å²) in [5.74, 6) is 0.564. The summed E-state index contributed by atoms with van der Waals surface area (Å²) in [5.41, 5.74) is 0.517. The van der Waals surface area contributed by atoms with Gasteiger partial charge in [0.15, 0.2) is 0 Å². The summed E-state index contributed by atoms with van der Waals surface area (Å²) in [4.78, 5) is 18.2. The molecule has 0 aliphatic carbocycles. The van der Waals surface area contributed by atoms with Crippen molar-refractivity contribution in [3.05, 3.63) is 22.8 Å². The highest BCUT2D eigenvalue weighted by Crippen LogP contribution is 2.22. The molecule has 0 bridgehead atoms. The van der Waals surface area contributed by atoms with Gasteiger partial charge in [0.05, 0.1) is 16.7 Å². The first-order valence-corrected chi connectivity index (χ1v) is 6.75. The quantitative estimate of drug-likeness (QED) is 0.919. The lowest BCUT2D eigenvalue weighted by atomic mass is 10.2. The number of halogens is 1. The Morgan fingerprint density at radius 3 is 3.05 bits per heavy atom. The van der Waals surface area contributed by atoms with Gasteiger partial charge in [0.1, 0.15) is 5.82 Å². The normalized spacial score (nSPS) is 18.7. The zero-order valence-corrected chi connectivity index (χ0v) is 11.9. The molecule has 6 heteroatoms. The van der Waals surface area contributed by atoms with Gasteiger partial charge in [-0.3, -0.25) is 4.79 Å². The number of methoxy groups -OCH3 is 1. The minimum Gasteiger partial charge on any atom is -0.380 e. The summed E-state index contributed by atoms with van der Waals surface area (Å²) in [6.45, 7) is 4.04. The Hall–Kier alpha value is -1.33. The van der Waals surface area contributed by atoms with Crippen molar-refractivity contribution in [1.29, 1.82) is 0 Å². The van der Waals surface area contributed by atoms with Crippen LogP contribution in [0.1, 0.15) is 23.7 Å². The molecule has 1 aromatic heterocycles. The van der Waals surface area contributed by atoms with Crippen LogP contribution in [0.4, 0.5) is 5.82 Å². The third kappa shape index (κ3) is 3.16. The number of anilines is 1. The Morgan fingerprint density at radius 1 is 1.68 bits per heavy atom. The monoisotopic (exact) mass is 283 g/mol. The molecule has 0 spiro atoms. The van der Waals surface area contributed by atoms with Crippen LogP contribution < -0.4 is 5.32 Å². The summed E-state index contributed by atoms with van der Waals surface area (Å²) in [6.07, 6.45) is 2.57. The second-order valence-electron chi connectivity index (χ2n) is 4.48. The molecule has 1 N–H and O–H groups in total. The van der Waals surface area contributed by atoms with Crippen LogP contribution >= 0.6 is 11.6 Å². The van der Waals surface area contributed by atoms with Gasteiger partial charge in [-0.2, -0.15) is 0 Å². The Kier molecular flexibility index (Phi) is 4.61. The van der Waals surface area contributed by atoms with E-state index < -0.39 is 0 Å². The van der Waals surface area contributed by atoms with Gasteiger partial charge in [-0.05, 0) is 19.4 Å². The first-order chi connectivity index (χ1) is 9.15. The lowest BCUT2D eigenvalue weighted by Crippen LogP contribution is -2.30. The molecule has 19 heavy (non-hydrogen) atoms. The number of likely N-dealkylation sites (tertiary alicyclic amines) is 1. The number of carbonyl (C=O) groups is 1. The van der Waals surface area contributed by atoms with E-state index in [1.807, 2.05) is 6.92 Å². The summed E-state index contributed by atoms with van der Waals surface area (Å²) in [5, 5.41) is 3.51. The third-order valence-electron chi connectivity index (χ3n) is 3.20. The van der Waals surface area contributed by atoms with Crippen LogP contribution in [-0.4, -0.2) is 48.6 Å². The largest absolute Gasteiger partial charge is 0.380 e. The highest BCUT2D eigenvalue weighted by Gasteiger charge is 2.27. The van der Waals surface area contributed by atoms with Gasteiger partial charge in [-0.15, -0.1) is 0 Å². The van der Waals surface area contributed by atoms with Crippen molar-refractivity contribution in [2.75, 3.05) is 32.1 Å². The number of aromatic nitrogens is 1. The first-order valence-electron chi connectivity index (χ1n) is 6.37. The van der Waals surface area contributed by atoms with Crippen molar-refractivity contribution in [2.24, 2.45) is 0 Å². The molecular weight excluding hydrogens is 266 g/mol. The molecule has 1 unspecified atom stereocenters. The third-order valence-corrected chi connectivity index (χ3v) is 3.49. The number of rotatable bonds is 4. The molecule has 2 heterocycles. The summed E-state index contributed by atoms with van der Waals surface area (Å²) in [6, 6.07) is 1.66. The zero-order valence-electron chi connectivity index (χ0n) is 11.1. The Balaban J connectivity index is 2.09. The van der Waals surface area contributed by atoms with Gasteiger partial charge >= 0.3 is 0 Å². The maximum atomic E-state index is 12.3. The lowest BCUT2D eigenvalue weighted by Gasteiger charge is -2.16. The maximum absolute atomic E-state index is 12.3. The van der Waals surface area contributed by atoms with E-state index in [0.29, 0.717) is 29.5 Å². The fourth-order valence-corrected chi connectivity index (χ4v) is 2.37. The minimum absolute atomic E-state index is 0.0444. The minimum atomic E-state index is -0.0444. The Morgan fingerprint density at radius 2 is 2.47 bits per heavy atom. The van der Waals surface area contributed by atoms with Crippen LogP contribution in [0.5, 0.6) is 0 Å². The Labute approximate surface area is 117 Å². The van der Waals surface area contributed by atoms with E-state index in [1.165, 1.54) is 0 Å². The van der Waals surface area contributed by atoms with Gasteiger partial charge < -0.3 is 15.0 Å². The fraction of sp³-hybridized carbons (Fsp3) is 0.538. The number of pyridine rings is 1. The number of ether oxygens (including phenoxy) is 1. The Bertz CT molecular complexity index is 467. The molecule has 1 aliphatic rings. The van der Waals surface area contributed by atoms with Crippen molar-refractivity contribution in [3.8, 4) is 0 Å². The van der Waals surface area contributed by atoms with Gasteiger partial charge in [0, 0.05) is 32.9 Å². The molecule has 104 valence electrons. The van der Waals surface area contributed by atoms with Gasteiger partial charge in [-0.25, -0.2) is 4.98 Å². The maximum Gasteiger partial charge on any atom is 0.255 e. The molecule has 5 nitrogen and oxygen atoms in total. The highest BCUT2D eigenvalue weighted by atomic mass is 35.5. The molecule has 1 saturated heterocycles. The topological polar surface area (TPSA) is 54.5 Å². The predicted octanol–water partition coefficient (Wildman–Crippen LogP) is 2.03.